The minimum absolute atomic E-state index is 0.153. The molecular formula is C8H17O5P. The zero-order chi connectivity index (χ0) is 11.0. The van der Waals surface area contributed by atoms with Gasteiger partial charge in [-0.15, -0.1) is 0 Å². The molecule has 14 heavy (non-hydrogen) atoms. The van der Waals surface area contributed by atoms with E-state index in [9.17, 15) is 9.36 Å². The Morgan fingerprint density at radius 1 is 1.14 bits per heavy atom. The summed E-state index contributed by atoms with van der Waals surface area (Å²) in [7, 11) is -3.70. The zero-order valence-electron chi connectivity index (χ0n) is 8.82. The minimum Gasteiger partial charge on any atom is -0.457 e. The van der Waals surface area contributed by atoms with E-state index < -0.39 is 13.3 Å². The van der Waals surface area contributed by atoms with Gasteiger partial charge in [-0.3, -0.25) is 0 Å². The van der Waals surface area contributed by atoms with Gasteiger partial charge >= 0.3 is 13.3 Å². The van der Waals surface area contributed by atoms with Crippen LogP contribution in [0.2, 0.25) is 0 Å². The summed E-state index contributed by atoms with van der Waals surface area (Å²) in [5.41, 5.74) is -0.907. The van der Waals surface area contributed by atoms with Crippen LogP contribution in [0.5, 0.6) is 0 Å². The Morgan fingerprint density at radius 3 is 2.21 bits per heavy atom. The van der Waals surface area contributed by atoms with Crippen LogP contribution in [0.4, 0.5) is 4.79 Å². The van der Waals surface area contributed by atoms with Gasteiger partial charge < -0.3 is 13.8 Å². The average Bonchev–Trinajstić information content (AvgIpc) is 2.15. The van der Waals surface area contributed by atoms with Crippen molar-refractivity contribution in [2.24, 2.45) is 0 Å². The fourth-order valence-corrected chi connectivity index (χ4v) is 2.06. The number of rotatable bonds is 7. The molecule has 0 spiro atoms. The van der Waals surface area contributed by atoms with Crippen LogP contribution >= 0.6 is 7.60 Å². The van der Waals surface area contributed by atoms with E-state index in [2.05, 4.69) is 4.74 Å². The molecule has 0 fully saturated rings. The molecule has 1 atom stereocenters. The van der Waals surface area contributed by atoms with Gasteiger partial charge in [-0.05, 0) is 20.3 Å². The highest BCUT2D eigenvalue weighted by molar-refractivity contribution is 7.71. The summed E-state index contributed by atoms with van der Waals surface area (Å²) < 4.78 is 26.0. The first-order valence-corrected chi connectivity index (χ1v) is 6.21. The molecule has 0 saturated carbocycles. The Bertz CT molecular complexity index is 216. The second-order valence-electron chi connectivity index (χ2n) is 2.45. The quantitative estimate of drug-likeness (QED) is 0.622. The van der Waals surface area contributed by atoms with Gasteiger partial charge in [0.05, 0.1) is 19.8 Å². The molecular weight excluding hydrogens is 207 g/mol. The van der Waals surface area contributed by atoms with E-state index >= 15 is 0 Å². The van der Waals surface area contributed by atoms with Crippen molar-refractivity contribution in [3.63, 3.8) is 0 Å². The monoisotopic (exact) mass is 224 g/mol. The van der Waals surface area contributed by atoms with Gasteiger partial charge in [0.25, 0.3) is 0 Å². The Hall–Kier alpha value is -0.380. The second-order valence-corrected chi connectivity index (χ2v) is 4.32. The smallest absolute Gasteiger partial charge is 0.438 e. The number of ether oxygens (including phenoxy) is 1. The molecule has 0 amide bonds. The summed E-state index contributed by atoms with van der Waals surface area (Å²) in [6, 6.07) is 0. The van der Waals surface area contributed by atoms with Crippen LogP contribution in [-0.4, -0.2) is 25.5 Å². The standard InChI is InChI=1S/C8H17O5P/c1-4-7-13-14(10,12-6-3)8(9)11-5-2/h4-7H2,1-3H3. The van der Waals surface area contributed by atoms with Crippen molar-refractivity contribution in [3.05, 3.63) is 0 Å². The Labute approximate surface area is 84.3 Å². The summed E-state index contributed by atoms with van der Waals surface area (Å²) in [6.45, 7) is 5.65. The van der Waals surface area contributed by atoms with Gasteiger partial charge in [-0.1, -0.05) is 6.92 Å². The van der Waals surface area contributed by atoms with Crippen LogP contribution in [0.25, 0.3) is 0 Å². The van der Waals surface area contributed by atoms with E-state index in [0.717, 1.165) is 0 Å². The Morgan fingerprint density at radius 2 is 1.79 bits per heavy atom. The highest BCUT2D eigenvalue weighted by Gasteiger charge is 2.36. The third-order valence-electron chi connectivity index (χ3n) is 1.26. The molecule has 5 nitrogen and oxygen atoms in total. The molecule has 0 saturated heterocycles. The number of hydrogen-bond donors (Lipinski definition) is 0. The molecule has 0 rings (SSSR count). The second kappa shape index (κ2) is 6.98. The van der Waals surface area contributed by atoms with Gasteiger partial charge in [-0.2, -0.15) is 0 Å². The van der Waals surface area contributed by atoms with Gasteiger partial charge in [0, 0.05) is 0 Å². The molecule has 0 aromatic heterocycles. The molecule has 0 radical (unpaired) electrons. The van der Waals surface area contributed by atoms with Crippen LogP contribution in [0.3, 0.4) is 0 Å². The van der Waals surface area contributed by atoms with E-state index in [1.54, 1.807) is 13.8 Å². The highest BCUT2D eigenvalue weighted by atomic mass is 31.2. The fraction of sp³-hybridized carbons (Fsp3) is 0.875. The topological polar surface area (TPSA) is 61.8 Å². The number of hydrogen-bond acceptors (Lipinski definition) is 5. The molecule has 6 heteroatoms. The predicted molar refractivity (Wildman–Crippen MR) is 52.5 cm³/mol. The lowest BCUT2D eigenvalue weighted by Crippen LogP contribution is -2.09. The number of carbonyl (C=O) groups excluding carboxylic acids is 1. The molecule has 0 N–H and O–H groups in total. The first kappa shape index (κ1) is 13.6. The molecule has 0 aliphatic rings. The van der Waals surface area contributed by atoms with Crippen molar-refractivity contribution in [1.29, 1.82) is 0 Å². The fourth-order valence-electron chi connectivity index (χ4n) is 0.727. The minimum atomic E-state index is -3.70. The van der Waals surface area contributed by atoms with Crippen molar-refractivity contribution >= 4 is 13.3 Å². The van der Waals surface area contributed by atoms with Gasteiger partial charge in [0.15, 0.2) is 0 Å². The van der Waals surface area contributed by atoms with Crippen LogP contribution in [-0.2, 0) is 18.3 Å². The van der Waals surface area contributed by atoms with Crippen molar-refractivity contribution in [2.75, 3.05) is 19.8 Å². The third-order valence-corrected chi connectivity index (χ3v) is 2.95. The lowest BCUT2D eigenvalue weighted by atomic mass is 10.5. The molecule has 0 aromatic rings. The van der Waals surface area contributed by atoms with E-state index in [1.165, 1.54) is 0 Å². The molecule has 84 valence electrons. The number of carbonyl (C=O) groups is 1. The lowest BCUT2D eigenvalue weighted by Gasteiger charge is -2.14. The highest BCUT2D eigenvalue weighted by Crippen LogP contribution is 2.49. The summed E-state index contributed by atoms with van der Waals surface area (Å²) in [5.74, 6) is 0. The predicted octanol–water partition coefficient (Wildman–Crippen LogP) is 2.80. The van der Waals surface area contributed by atoms with Crippen molar-refractivity contribution in [3.8, 4) is 0 Å². The Kier molecular flexibility index (Phi) is 6.79. The van der Waals surface area contributed by atoms with E-state index in [1.807, 2.05) is 6.92 Å². The molecule has 0 aliphatic carbocycles. The van der Waals surface area contributed by atoms with Gasteiger partial charge in [-0.25, -0.2) is 9.36 Å². The largest absolute Gasteiger partial charge is 0.457 e. The van der Waals surface area contributed by atoms with Gasteiger partial charge in [0.2, 0.25) is 0 Å². The maximum atomic E-state index is 11.7. The van der Waals surface area contributed by atoms with Crippen LogP contribution in [0.1, 0.15) is 27.2 Å². The van der Waals surface area contributed by atoms with Crippen molar-refractivity contribution < 1.29 is 23.1 Å². The SMILES string of the molecule is CCCOP(=O)(OCC)C(=O)OCC. The van der Waals surface area contributed by atoms with E-state index in [-0.39, 0.29) is 19.8 Å². The summed E-state index contributed by atoms with van der Waals surface area (Å²) >= 11 is 0. The maximum Gasteiger partial charge on any atom is 0.438 e. The first-order valence-electron chi connectivity index (χ1n) is 4.67. The lowest BCUT2D eigenvalue weighted by molar-refractivity contribution is 0.151. The van der Waals surface area contributed by atoms with Crippen molar-refractivity contribution in [1.82, 2.24) is 0 Å². The van der Waals surface area contributed by atoms with Gasteiger partial charge in [0.1, 0.15) is 0 Å². The normalized spacial score (nSPS) is 14.8. The molecule has 0 aliphatic heterocycles. The summed E-state index contributed by atoms with van der Waals surface area (Å²) in [5, 5.41) is 0. The molecule has 0 bridgehead atoms. The Balaban J connectivity index is 4.37. The maximum absolute atomic E-state index is 11.7. The van der Waals surface area contributed by atoms with Crippen LogP contribution in [0, 0.1) is 0 Å². The molecule has 1 unspecified atom stereocenters. The summed E-state index contributed by atoms with van der Waals surface area (Å²) in [6.07, 6.45) is 0.663. The first-order chi connectivity index (χ1) is 6.60. The van der Waals surface area contributed by atoms with Crippen molar-refractivity contribution in [2.45, 2.75) is 27.2 Å². The third kappa shape index (κ3) is 4.22. The van der Waals surface area contributed by atoms with E-state index in [4.69, 9.17) is 9.05 Å². The van der Waals surface area contributed by atoms with Crippen LogP contribution in [0.15, 0.2) is 0 Å². The summed E-state index contributed by atoms with van der Waals surface area (Å²) in [4.78, 5) is 11.2. The van der Waals surface area contributed by atoms with E-state index in [0.29, 0.717) is 6.42 Å². The molecule has 0 heterocycles. The van der Waals surface area contributed by atoms with Crippen LogP contribution < -0.4 is 0 Å². The zero-order valence-corrected chi connectivity index (χ0v) is 9.71. The molecule has 0 aromatic carbocycles. The average molecular weight is 224 g/mol.